The van der Waals surface area contributed by atoms with E-state index in [2.05, 4.69) is 4.99 Å². The Morgan fingerprint density at radius 3 is 2.69 bits per heavy atom. The first-order valence-electron chi connectivity index (χ1n) is 9.34. The van der Waals surface area contributed by atoms with Crippen molar-refractivity contribution in [3.05, 3.63) is 69.7 Å². The van der Waals surface area contributed by atoms with Crippen LogP contribution in [0.1, 0.15) is 31.2 Å². The number of nitrogens with zero attached hydrogens (tertiary/aromatic N) is 3. The van der Waals surface area contributed by atoms with Crippen LogP contribution in [0.5, 0.6) is 11.5 Å². The van der Waals surface area contributed by atoms with E-state index in [0.717, 1.165) is 31.5 Å². The van der Waals surface area contributed by atoms with E-state index in [1.165, 1.54) is 36.4 Å². The maximum absolute atomic E-state index is 13.0. The third-order valence-electron chi connectivity index (χ3n) is 4.83. The highest BCUT2D eigenvalue weighted by atomic mass is 19.1. The van der Waals surface area contributed by atoms with Gasteiger partial charge in [-0.3, -0.25) is 19.8 Å². The normalized spacial score (nSPS) is 17.7. The van der Waals surface area contributed by atoms with Gasteiger partial charge >= 0.3 is 5.69 Å². The molecule has 2 aliphatic heterocycles. The summed E-state index contributed by atoms with van der Waals surface area (Å²) in [6.45, 7) is 0.652. The van der Waals surface area contributed by atoms with Crippen LogP contribution in [0, 0.1) is 15.9 Å². The average molecular weight is 395 g/mol. The Balaban J connectivity index is 1.63. The Morgan fingerprint density at radius 1 is 1.14 bits per heavy atom. The van der Waals surface area contributed by atoms with Gasteiger partial charge in [-0.15, -0.1) is 0 Å². The molecule has 0 spiro atoms. The molecule has 1 amide bonds. The summed E-state index contributed by atoms with van der Waals surface area (Å²) in [5, 5.41) is 11.5. The lowest BCUT2D eigenvalue weighted by molar-refractivity contribution is -0.385. The number of aliphatic imine (C=N–C) groups is 1. The van der Waals surface area contributed by atoms with Gasteiger partial charge in [0, 0.05) is 19.0 Å². The van der Waals surface area contributed by atoms with Crippen molar-refractivity contribution in [2.75, 3.05) is 6.54 Å². The van der Waals surface area contributed by atoms with Gasteiger partial charge < -0.3 is 4.74 Å². The Hall–Kier alpha value is -3.55. The number of hydrogen-bond acceptors (Lipinski definition) is 5. The van der Waals surface area contributed by atoms with Crippen LogP contribution in [0.15, 0.2) is 53.2 Å². The molecule has 29 heavy (non-hydrogen) atoms. The molecule has 1 fully saturated rings. The molecule has 148 valence electrons. The van der Waals surface area contributed by atoms with E-state index in [0.29, 0.717) is 12.1 Å². The predicted octanol–water partition coefficient (Wildman–Crippen LogP) is 4.68. The van der Waals surface area contributed by atoms with E-state index in [1.807, 2.05) is 0 Å². The molecule has 0 N–H and O–H groups in total. The first-order valence-corrected chi connectivity index (χ1v) is 9.34. The Kier molecular flexibility index (Phi) is 5.07. The van der Waals surface area contributed by atoms with Gasteiger partial charge in [-0.05, 0) is 54.8 Å². The van der Waals surface area contributed by atoms with Crippen LogP contribution in [0.2, 0.25) is 0 Å². The lowest BCUT2D eigenvalue weighted by Gasteiger charge is -2.14. The quantitative estimate of drug-likeness (QED) is 0.427. The van der Waals surface area contributed by atoms with Gasteiger partial charge in [0.25, 0.3) is 5.91 Å². The fraction of sp³-hybridized carbons (Fsp3) is 0.238. The number of amidine groups is 1. The topological polar surface area (TPSA) is 85.0 Å². The van der Waals surface area contributed by atoms with Gasteiger partial charge in [0.2, 0.25) is 5.75 Å². The van der Waals surface area contributed by atoms with Crippen LogP contribution in [0.4, 0.5) is 10.1 Å². The summed E-state index contributed by atoms with van der Waals surface area (Å²) in [5.41, 5.74) is 0.508. The summed E-state index contributed by atoms with van der Waals surface area (Å²) in [6.07, 6.45) is 5.32. The number of halogens is 1. The van der Waals surface area contributed by atoms with Crippen molar-refractivity contribution >= 4 is 23.5 Å². The molecular weight excluding hydrogens is 377 g/mol. The van der Waals surface area contributed by atoms with Gasteiger partial charge in [-0.2, -0.15) is 0 Å². The first kappa shape index (κ1) is 18.8. The minimum absolute atomic E-state index is 0.0294. The standard InChI is InChI=1S/C21H18FN3O4/c22-15-6-8-16(9-7-15)29-19-10-5-14(13-18(19)25(27)28)12-17-21(26)24-11-3-1-2-4-20(24)23-17/h5-10,12-13H,1-4,11H2/b17-12+. The molecule has 0 radical (unpaired) electrons. The summed E-state index contributed by atoms with van der Waals surface area (Å²) >= 11 is 0. The molecule has 0 aromatic heterocycles. The minimum atomic E-state index is -0.559. The molecule has 1 saturated heterocycles. The van der Waals surface area contributed by atoms with Crippen LogP contribution in [0.25, 0.3) is 6.08 Å². The smallest absolute Gasteiger partial charge is 0.312 e. The number of carbonyl (C=O) groups excluding carboxylic acids is 1. The molecule has 0 saturated carbocycles. The van der Waals surface area contributed by atoms with E-state index in [4.69, 9.17) is 4.74 Å². The minimum Gasteiger partial charge on any atom is -0.450 e. The fourth-order valence-electron chi connectivity index (χ4n) is 3.39. The number of carbonyl (C=O) groups is 1. The zero-order chi connectivity index (χ0) is 20.4. The molecule has 0 aliphatic carbocycles. The van der Waals surface area contributed by atoms with Crippen molar-refractivity contribution in [3.63, 3.8) is 0 Å². The largest absolute Gasteiger partial charge is 0.450 e. The van der Waals surface area contributed by atoms with E-state index < -0.39 is 10.7 Å². The van der Waals surface area contributed by atoms with Crippen molar-refractivity contribution in [3.8, 4) is 11.5 Å². The lowest BCUT2D eigenvalue weighted by atomic mass is 10.1. The van der Waals surface area contributed by atoms with Gasteiger partial charge in [0.05, 0.1) is 4.92 Å². The van der Waals surface area contributed by atoms with Gasteiger partial charge in [0.1, 0.15) is 23.1 Å². The second-order valence-electron chi connectivity index (χ2n) is 6.87. The number of hydrogen-bond donors (Lipinski definition) is 0. The Bertz CT molecular complexity index is 1030. The molecule has 2 aromatic carbocycles. The van der Waals surface area contributed by atoms with Crippen LogP contribution >= 0.6 is 0 Å². The number of ether oxygens (including phenoxy) is 1. The highest BCUT2D eigenvalue weighted by Gasteiger charge is 2.30. The van der Waals surface area contributed by atoms with E-state index in [9.17, 15) is 19.3 Å². The molecule has 7 nitrogen and oxygen atoms in total. The summed E-state index contributed by atoms with van der Waals surface area (Å²) in [6, 6.07) is 9.61. The molecule has 0 bridgehead atoms. The monoisotopic (exact) mass is 395 g/mol. The van der Waals surface area contributed by atoms with Crippen LogP contribution in [0.3, 0.4) is 0 Å². The molecule has 0 unspecified atom stereocenters. The molecule has 2 aromatic rings. The first-order chi connectivity index (χ1) is 14.0. The summed E-state index contributed by atoms with van der Waals surface area (Å²) in [5.74, 6) is 0.483. The second-order valence-corrected chi connectivity index (χ2v) is 6.87. The van der Waals surface area contributed by atoms with Gasteiger partial charge in [-0.1, -0.05) is 12.5 Å². The maximum Gasteiger partial charge on any atom is 0.312 e. The van der Waals surface area contributed by atoms with Crippen molar-refractivity contribution in [1.29, 1.82) is 0 Å². The van der Waals surface area contributed by atoms with Crippen LogP contribution in [-0.4, -0.2) is 28.1 Å². The molecule has 0 atom stereocenters. The Morgan fingerprint density at radius 2 is 1.93 bits per heavy atom. The summed E-state index contributed by atoms with van der Waals surface area (Å²) < 4.78 is 18.6. The lowest BCUT2D eigenvalue weighted by Crippen LogP contribution is -2.31. The maximum atomic E-state index is 13.0. The van der Waals surface area contributed by atoms with Crippen molar-refractivity contribution < 1.29 is 18.8 Å². The summed E-state index contributed by atoms with van der Waals surface area (Å²) in [7, 11) is 0. The third-order valence-corrected chi connectivity index (χ3v) is 4.83. The Labute approximate surface area is 166 Å². The number of nitro benzene ring substituents is 1. The third kappa shape index (κ3) is 4.01. The highest BCUT2D eigenvalue weighted by Crippen LogP contribution is 2.33. The molecule has 4 rings (SSSR count). The van der Waals surface area contributed by atoms with E-state index in [-0.39, 0.29) is 28.8 Å². The number of nitro groups is 1. The van der Waals surface area contributed by atoms with Crippen LogP contribution in [-0.2, 0) is 4.79 Å². The average Bonchev–Trinajstić information content (AvgIpc) is 2.86. The van der Waals surface area contributed by atoms with Crippen molar-refractivity contribution in [1.82, 2.24) is 4.90 Å². The SMILES string of the molecule is O=C1/C(=C\c2ccc(Oc3ccc(F)cc3)c([N+](=O)[O-])c2)N=C2CCCCCN12. The van der Waals surface area contributed by atoms with Crippen molar-refractivity contribution in [2.24, 2.45) is 4.99 Å². The molecule has 2 aliphatic rings. The highest BCUT2D eigenvalue weighted by molar-refractivity contribution is 6.14. The van der Waals surface area contributed by atoms with Crippen molar-refractivity contribution in [2.45, 2.75) is 25.7 Å². The molecule has 2 heterocycles. The zero-order valence-electron chi connectivity index (χ0n) is 15.5. The number of fused-ring (bicyclic) bond motifs is 1. The van der Waals surface area contributed by atoms with E-state index >= 15 is 0 Å². The molecule has 8 heteroatoms. The summed E-state index contributed by atoms with van der Waals surface area (Å²) in [4.78, 5) is 29.7. The fourth-order valence-corrected chi connectivity index (χ4v) is 3.39. The number of benzene rings is 2. The number of amides is 1. The zero-order valence-corrected chi connectivity index (χ0v) is 15.5. The molecular formula is C21H18FN3O4. The second kappa shape index (κ2) is 7.83. The number of rotatable bonds is 4. The van der Waals surface area contributed by atoms with E-state index in [1.54, 1.807) is 17.0 Å². The van der Waals surface area contributed by atoms with Gasteiger partial charge in [-0.25, -0.2) is 9.38 Å². The predicted molar refractivity (Wildman–Crippen MR) is 105 cm³/mol. The van der Waals surface area contributed by atoms with Crippen LogP contribution < -0.4 is 4.74 Å². The van der Waals surface area contributed by atoms with Gasteiger partial charge in [0.15, 0.2) is 0 Å².